The second-order valence-electron chi connectivity index (χ2n) is 6.60. The number of aryl methyl sites for hydroxylation is 1. The number of hydrogen-bond acceptors (Lipinski definition) is 3. The molecule has 0 unspecified atom stereocenters. The fourth-order valence-corrected chi connectivity index (χ4v) is 3.00. The van der Waals surface area contributed by atoms with Crippen molar-refractivity contribution in [2.24, 2.45) is 0 Å². The van der Waals surface area contributed by atoms with Crippen LogP contribution in [-0.4, -0.2) is 13.7 Å². The quantitative estimate of drug-likeness (QED) is 0.549. The molecule has 1 N–H and O–H groups in total. The van der Waals surface area contributed by atoms with Gasteiger partial charge in [-0.2, -0.15) is 0 Å². The average molecular weight is 361 g/mol. The van der Waals surface area contributed by atoms with Gasteiger partial charge in [0.1, 0.15) is 18.1 Å². The first-order valence-corrected chi connectivity index (χ1v) is 9.35. The number of methoxy groups -OCH3 is 1. The van der Waals surface area contributed by atoms with E-state index >= 15 is 0 Å². The van der Waals surface area contributed by atoms with Gasteiger partial charge in [0.05, 0.1) is 7.11 Å². The number of nitrogens with one attached hydrogen (secondary N) is 1. The van der Waals surface area contributed by atoms with Gasteiger partial charge < -0.3 is 14.8 Å². The van der Waals surface area contributed by atoms with Gasteiger partial charge in [0.2, 0.25) is 0 Å². The maximum Gasteiger partial charge on any atom is 0.122 e. The zero-order valence-electron chi connectivity index (χ0n) is 16.1. The summed E-state index contributed by atoms with van der Waals surface area (Å²) in [5.41, 5.74) is 4.96. The van der Waals surface area contributed by atoms with Crippen LogP contribution in [0.4, 0.5) is 0 Å². The second-order valence-corrected chi connectivity index (χ2v) is 6.60. The van der Waals surface area contributed by atoms with Crippen molar-refractivity contribution < 1.29 is 9.47 Å². The topological polar surface area (TPSA) is 30.5 Å². The standard InChI is InChI=1S/C24H27NO2/c1-19-7-3-4-9-22(19)18-27-23-13-11-20(12-14-23)17-25-16-15-21-8-5-6-10-24(21)26-2/h3-14,25H,15-18H2,1-2H3. The number of rotatable bonds is 9. The van der Waals surface area contributed by atoms with Crippen LogP contribution < -0.4 is 14.8 Å². The Bertz CT molecular complexity index is 843. The van der Waals surface area contributed by atoms with Crippen LogP contribution in [-0.2, 0) is 19.6 Å². The molecule has 0 aliphatic rings. The zero-order chi connectivity index (χ0) is 18.9. The van der Waals surface area contributed by atoms with Gasteiger partial charge in [-0.3, -0.25) is 0 Å². The second kappa shape index (κ2) is 9.79. The predicted molar refractivity (Wildman–Crippen MR) is 110 cm³/mol. The molecule has 140 valence electrons. The van der Waals surface area contributed by atoms with Crippen molar-refractivity contribution in [2.75, 3.05) is 13.7 Å². The molecule has 0 aliphatic heterocycles. The summed E-state index contributed by atoms with van der Waals surface area (Å²) < 4.78 is 11.3. The normalized spacial score (nSPS) is 10.6. The van der Waals surface area contributed by atoms with E-state index < -0.39 is 0 Å². The van der Waals surface area contributed by atoms with Crippen molar-refractivity contribution in [3.8, 4) is 11.5 Å². The lowest BCUT2D eigenvalue weighted by molar-refractivity contribution is 0.305. The highest BCUT2D eigenvalue weighted by atomic mass is 16.5. The van der Waals surface area contributed by atoms with Crippen molar-refractivity contribution in [2.45, 2.75) is 26.5 Å². The van der Waals surface area contributed by atoms with Crippen LogP contribution in [0, 0.1) is 6.92 Å². The summed E-state index contributed by atoms with van der Waals surface area (Å²) in [6.07, 6.45) is 0.946. The molecule has 0 saturated carbocycles. The monoisotopic (exact) mass is 361 g/mol. The molecule has 0 aromatic heterocycles. The fraction of sp³-hybridized carbons (Fsp3) is 0.250. The molecule has 3 heteroatoms. The number of para-hydroxylation sites is 1. The third kappa shape index (κ3) is 5.60. The molecule has 3 aromatic carbocycles. The van der Waals surface area contributed by atoms with Gasteiger partial charge in [-0.15, -0.1) is 0 Å². The van der Waals surface area contributed by atoms with Crippen LogP contribution in [0.25, 0.3) is 0 Å². The van der Waals surface area contributed by atoms with E-state index in [1.165, 1.54) is 22.3 Å². The van der Waals surface area contributed by atoms with E-state index in [2.05, 4.69) is 48.6 Å². The van der Waals surface area contributed by atoms with Crippen molar-refractivity contribution in [1.82, 2.24) is 5.32 Å². The summed E-state index contributed by atoms with van der Waals surface area (Å²) in [6.45, 7) is 4.46. The first-order chi connectivity index (χ1) is 13.3. The van der Waals surface area contributed by atoms with E-state index in [1.54, 1.807) is 7.11 Å². The third-order valence-corrected chi connectivity index (χ3v) is 4.67. The minimum atomic E-state index is 0.600. The van der Waals surface area contributed by atoms with Crippen LogP contribution in [0.5, 0.6) is 11.5 Å². The van der Waals surface area contributed by atoms with Gasteiger partial charge in [0, 0.05) is 6.54 Å². The molecule has 0 bridgehead atoms. The smallest absolute Gasteiger partial charge is 0.122 e. The lowest BCUT2D eigenvalue weighted by Gasteiger charge is -2.10. The summed E-state index contributed by atoms with van der Waals surface area (Å²) in [5, 5.41) is 3.49. The van der Waals surface area contributed by atoms with E-state index in [-0.39, 0.29) is 0 Å². The van der Waals surface area contributed by atoms with Gasteiger partial charge >= 0.3 is 0 Å². The average Bonchev–Trinajstić information content (AvgIpc) is 2.72. The Kier molecular flexibility index (Phi) is 6.89. The highest BCUT2D eigenvalue weighted by Crippen LogP contribution is 2.18. The van der Waals surface area contributed by atoms with Gasteiger partial charge in [0.25, 0.3) is 0 Å². The summed E-state index contributed by atoms with van der Waals surface area (Å²) >= 11 is 0. The molecule has 27 heavy (non-hydrogen) atoms. The molecule has 0 atom stereocenters. The molecule has 3 nitrogen and oxygen atoms in total. The fourth-order valence-electron chi connectivity index (χ4n) is 3.00. The van der Waals surface area contributed by atoms with E-state index in [0.717, 1.165) is 31.0 Å². The molecule has 0 aliphatic carbocycles. The molecule has 0 saturated heterocycles. The Balaban J connectivity index is 1.43. The van der Waals surface area contributed by atoms with Crippen molar-refractivity contribution in [3.05, 3.63) is 95.1 Å². The first-order valence-electron chi connectivity index (χ1n) is 9.35. The molecule has 0 amide bonds. The Morgan fingerprint density at radius 3 is 2.26 bits per heavy atom. The number of ether oxygens (including phenoxy) is 2. The SMILES string of the molecule is COc1ccccc1CCNCc1ccc(OCc2ccccc2C)cc1. The van der Waals surface area contributed by atoms with Crippen molar-refractivity contribution in [1.29, 1.82) is 0 Å². The Morgan fingerprint density at radius 1 is 0.815 bits per heavy atom. The van der Waals surface area contributed by atoms with Gasteiger partial charge in [-0.1, -0.05) is 54.6 Å². The molecular weight excluding hydrogens is 334 g/mol. The minimum Gasteiger partial charge on any atom is -0.496 e. The molecule has 0 heterocycles. The van der Waals surface area contributed by atoms with Crippen LogP contribution in [0.1, 0.15) is 22.3 Å². The molecular formula is C24H27NO2. The summed E-state index contributed by atoms with van der Waals surface area (Å²) in [4.78, 5) is 0. The van der Waals surface area contributed by atoms with Crippen LogP contribution in [0.3, 0.4) is 0 Å². The maximum absolute atomic E-state index is 5.90. The largest absolute Gasteiger partial charge is 0.496 e. The van der Waals surface area contributed by atoms with E-state index in [0.29, 0.717) is 6.61 Å². The molecule has 3 aromatic rings. The van der Waals surface area contributed by atoms with Crippen molar-refractivity contribution >= 4 is 0 Å². The first kappa shape index (κ1) is 19.0. The molecule has 0 radical (unpaired) electrons. The summed E-state index contributed by atoms with van der Waals surface area (Å²) in [6, 6.07) is 24.8. The van der Waals surface area contributed by atoms with E-state index in [1.807, 2.05) is 36.4 Å². The Morgan fingerprint density at radius 2 is 1.52 bits per heavy atom. The molecule has 3 rings (SSSR count). The highest BCUT2D eigenvalue weighted by Gasteiger charge is 2.02. The van der Waals surface area contributed by atoms with E-state index in [9.17, 15) is 0 Å². The third-order valence-electron chi connectivity index (χ3n) is 4.67. The zero-order valence-corrected chi connectivity index (χ0v) is 16.1. The molecule has 0 spiro atoms. The Hall–Kier alpha value is -2.78. The minimum absolute atomic E-state index is 0.600. The number of benzene rings is 3. The van der Waals surface area contributed by atoms with Crippen molar-refractivity contribution in [3.63, 3.8) is 0 Å². The van der Waals surface area contributed by atoms with Crippen LogP contribution in [0.2, 0.25) is 0 Å². The lowest BCUT2D eigenvalue weighted by Crippen LogP contribution is -2.16. The maximum atomic E-state index is 5.90. The van der Waals surface area contributed by atoms with Gasteiger partial charge in [-0.05, 0) is 60.3 Å². The summed E-state index contributed by atoms with van der Waals surface area (Å²) in [5.74, 6) is 1.85. The predicted octanol–water partition coefficient (Wildman–Crippen LogP) is 4.91. The van der Waals surface area contributed by atoms with Crippen LogP contribution >= 0.6 is 0 Å². The van der Waals surface area contributed by atoms with Crippen LogP contribution in [0.15, 0.2) is 72.8 Å². The van der Waals surface area contributed by atoms with Gasteiger partial charge in [0.15, 0.2) is 0 Å². The summed E-state index contributed by atoms with van der Waals surface area (Å²) in [7, 11) is 1.72. The van der Waals surface area contributed by atoms with E-state index in [4.69, 9.17) is 9.47 Å². The number of hydrogen-bond donors (Lipinski definition) is 1. The Labute approximate surface area is 162 Å². The molecule has 0 fully saturated rings. The highest BCUT2D eigenvalue weighted by molar-refractivity contribution is 5.33. The van der Waals surface area contributed by atoms with Gasteiger partial charge in [-0.25, -0.2) is 0 Å². The lowest BCUT2D eigenvalue weighted by atomic mass is 10.1.